The molecule has 8 aromatic carbocycles. The minimum atomic E-state index is -4.65. The molecule has 0 N–H and O–H groups in total. The van der Waals surface area contributed by atoms with Crippen molar-refractivity contribution < 1.29 is 13.2 Å². The summed E-state index contributed by atoms with van der Waals surface area (Å²) in [4.78, 5) is 0. The molecule has 0 aliphatic rings. The van der Waals surface area contributed by atoms with Crippen LogP contribution in [0.4, 0.5) is 13.2 Å². The molecule has 3 nitrogen and oxygen atoms in total. The van der Waals surface area contributed by atoms with Gasteiger partial charge >= 0.3 is 6.18 Å². The summed E-state index contributed by atoms with van der Waals surface area (Å²) in [6, 6.07) is 55.4. The van der Waals surface area contributed by atoms with Crippen molar-refractivity contribution in [3.8, 4) is 50.8 Å². The van der Waals surface area contributed by atoms with Gasteiger partial charge in [0.25, 0.3) is 0 Å². The van der Waals surface area contributed by atoms with Crippen LogP contribution in [-0.4, -0.2) is 9.13 Å². The number of hydrogen-bond donors (Lipinski definition) is 0. The summed E-state index contributed by atoms with van der Waals surface area (Å²) in [7, 11) is 0. The smallest absolute Gasteiger partial charge is 0.309 e. The highest BCUT2D eigenvalue weighted by Crippen LogP contribution is 2.46. The summed E-state index contributed by atoms with van der Waals surface area (Å²) in [5.74, 6) is 0. The Morgan fingerprint density at radius 2 is 0.915 bits per heavy atom. The van der Waals surface area contributed by atoms with Crippen LogP contribution in [0, 0.1) is 32.1 Å². The fourth-order valence-electron chi connectivity index (χ4n) is 9.09. The molecule has 0 radical (unpaired) electrons. The molecule has 10 rings (SSSR count). The van der Waals surface area contributed by atoms with Gasteiger partial charge in [-0.15, -0.1) is 0 Å². The van der Waals surface area contributed by atoms with E-state index in [2.05, 4.69) is 86.6 Å². The minimum Gasteiger partial charge on any atom is -0.309 e. The largest absolute Gasteiger partial charge is 0.417 e. The highest BCUT2D eigenvalue weighted by atomic mass is 19.4. The van der Waals surface area contributed by atoms with E-state index in [9.17, 15) is 5.26 Å². The van der Waals surface area contributed by atoms with Gasteiger partial charge in [0.15, 0.2) is 0 Å². The van der Waals surface area contributed by atoms with Gasteiger partial charge in [0.1, 0.15) is 6.07 Å². The number of fused-ring (bicyclic) bond motifs is 6. The van der Waals surface area contributed by atoms with Crippen LogP contribution in [0.5, 0.6) is 0 Å². The molecule has 6 heteroatoms. The van der Waals surface area contributed by atoms with E-state index >= 15 is 13.2 Å². The number of halogens is 3. The third-order valence-electron chi connectivity index (χ3n) is 11.8. The Morgan fingerprint density at radius 3 is 1.44 bits per heavy atom. The van der Waals surface area contributed by atoms with E-state index in [-0.39, 0.29) is 5.56 Å². The maximum atomic E-state index is 15.3. The first kappa shape index (κ1) is 36.0. The van der Waals surface area contributed by atoms with Crippen molar-refractivity contribution in [3.05, 3.63) is 192 Å². The van der Waals surface area contributed by atoms with Crippen LogP contribution >= 0.6 is 0 Å². The van der Waals surface area contributed by atoms with Crippen molar-refractivity contribution in [3.63, 3.8) is 0 Å². The van der Waals surface area contributed by atoms with E-state index in [1.54, 1.807) is 19.1 Å². The molecule has 0 bridgehead atoms. The molecular weight excluding hydrogens is 736 g/mol. The van der Waals surface area contributed by atoms with Crippen LogP contribution in [0.25, 0.3) is 88.4 Å². The number of benzene rings is 8. The maximum absolute atomic E-state index is 15.3. The van der Waals surface area contributed by atoms with Crippen LogP contribution in [-0.2, 0) is 6.18 Å². The Bertz CT molecular complexity index is 3370. The van der Waals surface area contributed by atoms with Crippen LogP contribution in [0.2, 0.25) is 0 Å². The zero-order valence-electron chi connectivity index (χ0n) is 32.6. The fourth-order valence-corrected chi connectivity index (χ4v) is 9.09. The van der Waals surface area contributed by atoms with Crippen molar-refractivity contribution in [1.82, 2.24) is 9.13 Å². The fraction of sp³-hybridized carbons (Fsp3) is 0.0755. The molecule has 0 aliphatic carbocycles. The van der Waals surface area contributed by atoms with Gasteiger partial charge in [0.05, 0.1) is 44.6 Å². The molecule has 2 aromatic heterocycles. The van der Waals surface area contributed by atoms with E-state index < -0.39 is 11.7 Å². The first-order chi connectivity index (χ1) is 28.6. The molecule has 0 amide bonds. The lowest BCUT2D eigenvalue weighted by Gasteiger charge is -2.22. The van der Waals surface area contributed by atoms with E-state index in [1.807, 2.05) is 81.9 Å². The topological polar surface area (TPSA) is 33.6 Å². The third-order valence-corrected chi connectivity index (χ3v) is 11.8. The van der Waals surface area contributed by atoms with Crippen molar-refractivity contribution in [2.24, 2.45) is 0 Å². The summed E-state index contributed by atoms with van der Waals surface area (Å²) >= 11 is 0. The number of nitrogens with zero attached hydrogens (tertiary/aromatic N) is 3. The van der Waals surface area contributed by atoms with Crippen molar-refractivity contribution in [2.45, 2.75) is 26.9 Å². The summed E-state index contributed by atoms with van der Waals surface area (Å²) in [6.45, 7) is 5.87. The summed E-state index contributed by atoms with van der Waals surface area (Å²) in [6.07, 6.45) is -4.65. The molecule has 2 heterocycles. The Morgan fingerprint density at radius 1 is 0.441 bits per heavy atom. The van der Waals surface area contributed by atoms with Gasteiger partial charge in [-0.3, -0.25) is 0 Å². The van der Waals surface area contributed by atoms with Crippen LogP contribution in [0.3, 0.4) is 0 Å². The van der Waals surface area contributed by atoms with Gasteiger partial charge in [-0.1, -0.05) is 121 Å². The maximum Gasteiger partial charge on any atom is 0.417 e. The van der Waals surface area contributed by atoms with Gasteiger partial charge in [-0.25, -0.2) is 0 Å². The first-order valence-corrected chi connectivity index (χ1v) is 19.6. The number of aryl methyl sites for hydroxylation is 3. The Balaban J connectivity index is 1.36. The van der Waals surface area contributed by atoms with Crippen molar-refractivity contribution >= 4 is 43.6 Å². The van der Waals surface area contributed by atoms with Gasteiger partial charge in [-0.2, -0.15) is 18.4 Å². The molecule has 0 unspecified atom stereocenters. The Kier molecular flexibility index (Phi) is 8.33. The first-order valence-electron chi connectivity index (χ1n) is 19.6. The predicted molar refractivity (Wildman–Crippen MR) is 235 cm³/mol. The molecule has 0 saturated heterocycles. The second-order valence-electron chi connectivity index (χ2n) is 15.3. The van der Waals surface area contributed by atoms with Crippen molar-refractivity contribution in [1.29, 1.82) is 5.26 Å². The average molecular weight is 772 g/mol. The molecule has 0 spiro atoms. The average Bonchev–Trinajstić information content (AvgIpc) is 3.75. The van der Waals surface area contributed by atoms with Crippen molar-refractivity contribution in [2.75, 3.05) is 0 Å². The van der Waals surface area contributed by atoms with E-state index in [4.69, 9.17) is 0 Å². The lowest BCUT2D eigenvalue weighted by molar-refractivity contribution is -0.137. The second kappa shape index (κ2) is 13.6. The zero-order chi connectivity index (χ0) is 40.6. The van der Waals surface area contributed by atoms with Gasteiger partial charge in [-0.05, 0) is 108 Å². The van der Waals surface area contributed by atoms with Crippen LogP contribution < -0.4 is 0 Å². The molecule has 284 valence electrons. The molecule has 10 aromatic rings. The van der Waals surface area contributed by atoms with Gasteiger partial charge in [0, 0.05) is 27.1 Å². The molecule has 0 aliphatic heterocycles. The highest BCUT2D eigenvalue weighted by molar-refractivity contribution is 6.12. The number of hydrogen-bond acceptors (Lipinski definition) is 1. The minimum absolute atomic E-state index is 0.0723. The summed E-state index contributed by atoms with van der Waals surface area (Å²) in [5, 5.41) is 15.0. The SMILES string of the molecule is Cc1ccccc1-c1ccc2c3ccccc3n(-c3cc(-c4c(C)cccc4C(F)(F)F)c(-n4c5ccccc5c5ccc(-c6ccccc6C)cc54)cc3C#N)c2c1. The van der Waals surface area contributed by atoms with Gasteiger partial charge < -0.3 is 9.13 Å². The van der Waals surface area contributed by atoms with Gasteiger partial charge in [0.2, 0.25) is 0 Å². The quantitative estimate of drug-likeness (QED) is 0.172. The Labute approximate surface area is 339 Å². The van der Waals surface area contributed by atoms with E-state index in [1.165, 1.54) is 6.07 Å². The molecule has 0 atom stereocenters. The zero-order valence-corrected chi connectivity index (χ0v) is 32.6. The summed E-state index contributed by atoms with van der Waals surface area (Å²) < 4.78 is 49.9. The third kappa shape index (κ3) is 5.73. The number of nitriles is 1. The lowest BCUT2D eigenvalue weighted by Crippen LogP contribution is -2.10. The van der Waals surface area contributed by atoms with Crippen LogP contribution in [0.1, 0.15) is 27.8 Å². The monoisotopic (exact) mass is 771 g/mol. The molecule has 0 fully saturated rings. The second-order valence-corrected chi connectivity index (χ2v) is 15.3. The Hall–Kier alpha value is -7.36. The number of para-hydroxylation sites is 2. The molecular formula is C53H36F3N3. The highest BCUT2D eigenvalue weighted by Gasteiger charge is 2.35. The lowest BCUT2D eigenvalue weighted by atomic mass is 9.91. The van der Waals surface area contributed by atoms with E-state index in [0.717, 1.165) is 83.1 Å². The number of rotatable bonds is 5. The number of aromatic nitrogens is 2. The molecule has 0 saturated carbocycles. The summed E-state index contributed by atoms with van der Waals surface area (Å²) in [5.41, 5.74) is 11.2. The standard InChI is InChI=1S/C53H36F3N3/c1-32-13-4-6-16-38(32)35-23-25-42-40-18-8-10-21-46(40)58(49(42)27-35)48-30-44(52-34(3)15-12-20-45(52)53(54,55)56)51(29-37(48)31-57)59-47-22-11-9-19-41(47)43-26-24-36(28-50(43)59)39-17-7-5-14-33(39)2/h4-30H,1-3H3. The normalized spacial score (nSPS) is 11.9. The number of alkyl halides is 3. The van der Waals surface area contributed by atoms with Crippen LogP contribution in [0.15, 0.2) is 164 Å². The van der Waals surface area contributed by atoms with E-state index in [0.29, 0.717) is 28.1 Å². The predicted octanol–water partition coefficient (Wildman–Crippen LogP) is 14.7. The molecule has 59 heavy (non-hydrogen) atoms.